The molecule has 2 aromatic rings. The van der Waals surface area contributed by atoms with Crippen LogP contribution in [0.2, 0.25) is 0 Å². The summed E-state index contributed by atoms with van der Waals surface area (Å²) in [6.07, 6.45) is 5.11. The lowest BCUT2D eigenvalue weighted by molar-refractivity contribution is 0.0983. The minimum atomic E-state index is 0.0418. The number of rotatable bonds is 3. The number of ketones is 1. The minimum Gasteiger partial charge on any atom is -0.292 e. The quantitative estimate of drug-likeness (QED) is 0.703. The molecule has 15 heavy (non-hydrogen) atoms. The van der Waals surface area contributed by atoms with Crippen LogP contribution in [0.3, 0.4) is 0 Å². The van der Waals surface area contributed by atoms with Crippen molar-refractivity contribution in [3.05, 3.63) is 36.7 Å². The zero-order chi connectivity index (χ0) is 10.7. The number of nitrogens with zero attached hydrogens (tertiary/aromatic N) is 4. The molecule has 0 aromatic carbocycles. The van der Waals surface area contributed by atoms with Gasteiger partial charge in [0, 0.05) is 6.42 Å². The molecule has 76 valence electrons. The molecule has 0 spiro atoms. The van der Waals surface area contributed by atoms with Gasteiger partial charge in [-0.1, -0.05) is 6.92 Å². The van der Waals surface area contributed by atoms with Gasteiger partial charge in [-0.3, -0.25) is 9.78 Å². The summed E-state index contributed by atoms with van der Waals surface area (Å²) in [5, 5.41) is 3.96. The van der Waals surface area contributed by atoms with E-state index in [-0.39, 0.29) is 5.78 Å². The Kier molecular flexibility index (Phi) is 2.53. The van der Waals surface area contributed by atoms with Crippen LogP contribution in [0.5, 0.6) is 0 Å². The minimum absolute atomic E-state index is 0.0418. The molecule has 5 nitrogen and oxygen atoms in total. The first-order valence-corrected chi connectivity index (χ1v) is 4.65. The van der Waals surface area contributed by atoms with E-state index in [1.54, 1.807) is 29.3 Å². The van der Waals surface area contributed by atoms with Gasteiger partial charge in [-0.25, -0.2) is 9.67 Å². The Hall–Kier alpha value is -2.04. The Morgan fingerprint density at radius 2 is 2.33 bits per heavy atom. The summed E-state index contributed by atoms with van der Waals surface area (Å²) >= 11 is 0. The highest BCUT2D eigenvalue weighted by atomic mass is 16.1. The van der Waals surface area contributed by atoms with Gasteiger partial charge in [0.25, 0.3) is 0 Å². The van der Waals surface area contributed by atoms with Crippen LogP contribution < -0.4 is 0 Å². The fourth-order valence-corrected chi connectivity index (χ4v) is 1.21. The summed E-state index contributed by atoms with van der Waals surface area (Å²) in [6.45, 7) is 1.81. The zero-order valence-electron chi connectivity index (χ0n) is 8.29. The standard InChI is InChI=1S/C10H10N4O/c1-2-10(15)9-4-3-8(5-12-9)14-7-11-6-13-14/h3-7H,2H2,1H3. The van der Waals surface area contributed by atoms with Crippen LogP contribution in [0.25, 0.3) is 5.69 Å². The van der Waals surface area contributed by atoms with Crippen molar-refractivity contribution in [1.29, 1.82) is 0 Å². The SMILES string of the molecule is CCC(=O)c1ccc(-n2cncn2)cn1. The topological polar surface area (TPSA) is 60.7 Å². The maximum Gasteiger partial charge on any atom is 0.180 e. The molecular formula is C10H10N4O. The van der Waals surface area contributed by atoms with E-state index in [1.807, 2.05) is 6.92 Å². The number of aromatic nitrogens is 4. The molecule has 0 unspecified atom stereocenters. The highest BCUT2D eigenvalue weighted by Gasteiger charge is 2.04. The first-order chi connectivity index (χ1) is 7.31. The van der Waals surface area contributed by atoms with E-state index in [9.17, 15) is 4.79 Å². The van der Waals surface area contributed by atoms with Crippen molar-refractivity contribution < 1.29 is 4.79 Å². The third-order valence-corrected chi connectivity index (χ3v) is 2.04. The van der Waals surface area contributed by atoms with Crippen molar-refractivity contribution in [2.75, 3.05) is 0 Å². The number of carbonyl (C=O) groups is 1. The van der Waals surface area contributed by atoms with Gasteiger partial charge in [0.05, 0.1) is 11.9 Å². The maximum atomic E-state index is 11.3. The number of Topliss-reactive ketones (excluding diaryl/α,β-unsaturated/α-hetero) is 1. The molecule has 0 N–H and O–H groups in total. The van der Waals surface area contributed by atoms with Crippen LogP contribution in [0, 0.1) is 0 Å². The van der Waals surface area contributed by atoms with E-state index >= 15 is 0 Å². The second-order valence-corrected chi connectivity index (χ2v) is 3.02. The fraction of sp³-hybridized carbons (Fsp3) is 0.200. The van der Waals surface area contributed by atoms with Crippen LogP contribution in [-0.4, -0.2) is 25.5 Å². The molecule has 0 saturated heterocycles. The number of carbonyl (C=O) groups excluding carboxylic acids is 1. The first-order valence-electron chi connectivity index (χ1n) is 4.65. The Labute approximate surface area is 86.8 Å². The molecule has 0 bridgehead atoms. The van der Waals surface area contributed by atoms with Crippen LogP contribution >= 0.6 is 0 Å². The average Bonchev–Trinajstić information content (AvgIpc) is 2.82. The largest absolute Gasteiger partial charge is 0.292 e. The van der Waals surface area contributed by atoms with Gasteiger partial charge >= 0.3 is 0 Å². The molecule has 0 amide bonds. The molecule has 2 rings (SSSR count). The molecule has 0 aliphatic heterocycles. The van der Waals surface area contributed by atoms with E-state index in [4.69, 9.17) is 0 Å². The van der Waals surface area contributed by atoms with Crippen molar-refractivity contribution in [3.63, 3.8) is 0 Å². The predicted octanol–water partition coefficient (Wildman–Crippen LogP) is 1.25. The Bertz CT molecular complexity index is 447. The molecule has 0 atom stereocenters. The Balaban J connectivity index is 2.29. The highest BCUT2D eigenvalue weighted by Crippen LogP contribution is 2.06. The van der Waals surface area contributed by atoms with Crippen molar-refractivity contribution in [2.45, 2.75) is 13.3 Å². The van der Waals surface area contributed by atoms with Crippen LogP contribution in [0.1, 0.15) is 23.8 Å². The third-order valence-electron chi connectivity index (χ3n) is 2.04. The molecule has 0 fully saturated rings. The van der Waals surface area contributed by atoms with Crippen molar-refractivity contribution in [1.82, 2.24) is 19.7 Å². The summed E-state index contributed by atoms with van der Waals surface area (Å²) in [4.78, 5) is 19.2. The van der Waals surface area contributed by atoms with E-state index < -0.39 is 0 Å². The van der Waals surface area contributed by atoms with E-state index in [2.05, 4.69) is 15.1 Å². The molecule has 0 aliphatic rings. The third kappa shape index (κ3) is 1.90. The molecule has 0 saturated carbocycles. The van der Waals surface area contributed by atoms with Crippen molar-refractivity contribution in [2.24, 2.45) is 0 Å². The van der Waals surface area contributed by atoms with E-state index in [1.165, 1.54) is 6.33 Å². The summed E-state index contributed by atoms with van der Waals surface area (Å²) in [7, 11) is 0. The van der Waals surface area contributed by atoms with Gasteiger partial charge in [-0.05, 0) is 12.1 Å². The van der Waals surface area contributed by atoms with Crippen LogP contribution in [0.4, 0.5) is 0 Å². The highest BCUT2D eigenvalue weighted by molar-refractivity contribution is 5.93. The van der Waals surface area contributed by atoms with Crippen LogP contribution in [-0.2, 0) is 0 Å². The fourth-order valence-electron chi connectivity index (χ4n) is 1.21. The lowest BCUT2D eigenvalue weighted by Gasteiger charge is -2.00. The second kappa shape index (κ2) is 4.00. The molecule has 2 heterocycles. The number of hydrogen-bond acceptors (Lipinski definition) is 4. The van der Waals surface area contributed by atoms with Crippen molar-refractivity contribution >= 4 is 5.78 Å². The lowest BCUT2D eigenvalue weighted by Crippen LogP contribution is -2.02. The zero-order valence-corrected chi connectivity index (χ0v) is 8.29. The number of hydrogen-bond donors (Lipinski definition) is 0. The first kappa shape index (κ1) is 9.51. The normalized spacial score (nSPS) is 10.2. The summed E-state index contributed by atoms with van der Waals surface area (Å²) in [5.74, 6) is 0.0418. The van der Waals surface area contributed by atoms with Gasteiger partial charge in [0.15, 0.2) is 5.78 Å². The Morgan fingerprint density at radius 1 is 1.47 bits per heavy atom. The summed E-state index contributed by atoms with van der Waals surface area (Å²) in [5.41, 5.74) is 1.28. The van der Waals surface area contributed by atoms with E-state index in [0.29, 0.717) is 12.1 Å². The van der Waals surface area contributed by atoms with Crippen molar-refractivity contribution in [3.8, 4) is 5.69 Å². The molecule has 0 aliphatic carbocycles. The summed E-state index contributed by atoms with van der Waals surface area (Å²) < 4.78 is 1.59. The van der Waals surface area contributed by atoms with E-state index in [0.717, 1.165) is 5.69 Å². The molecular weight excluding hydrogens is 192 g/mol. The lowest BCUT2D eigenvalue weighted by atomic mass is 10.2. The number of pyridine rings is 1. The Morgan fingerprint density at radius 3 is 2.87 bits per heavy atom. The van der Waals surface area contributed by atoms with Gasteiger partial charge in [0.1, 0.15) is 18.3 Å². The molecule has 5 heteroatoms. The van der Waals surface area contributed by atoms with Gasteiger partial charge in [-0.2, -0.15) is 5.10 Å². The smallest absolute Gasteiger partial charge is 0.180 e. The summed E-state index contributed by atoms with van der Waals surface area (Å²) in [6, 6.07) is 3.49. The van der Waals surface area contributed by atoms with Gasteiger partial charge in [-0.15, -0.1) is 0 Å². The monoisotopic (exact) mass is 202 g/mol. The second-order valence-electron chi connectivity index (χ2n) is 3.02. The maximum absolute atomic E-state index is 11.3. The van der Waals surface area contributed by atoms with Gasteiger partial charge in [0.2, 0.25) is 0 Å². The van der Waals surface area contributed by atoms with Gasteiger partial charge < -0.3 is 0 Å². The average molecular weight is 202 g/mol. The van der Waals surface area contributed by atoms with Crippen LogP contribution in [0.15, 0.2) is 31.0 Å². The molecule has 2 aromatic heterocycles. The predicted molar refractivity (Wildman–Crippen MR) is 53.8 cm³/mol. The molecule has 0 radical (unpaired) electrons.